The van der Waals surface area contributed by atoms with E-state index in [0.717, 1.165) is 10.5 Å². The fraction of sp³-hybridized carbons (Fsp3) is 0. The van der Waals surface area contributed by atoms with Crippen molar-refractivity contribution in [2.24, 2.45) is 0 Å². The van der Waals surface area contributed by atoms with Gasteiger partial charge in [0.2, 0.25) is 0 Å². The molecule has 3 nitrogen and oxygen atoms in total. The molecule has 0 spiro atoms. The highest BCUT2D eigenvalue weighted by atomic mass is 32.1. The lowest BCUT2D eigenvalue weighted by molar-refractivity contribution is 0.903. The first kappa shape index (κ1) is 8.03. The molecule has 0 radical (unpaired) electrons. The van der Waals surface area contributed by atoms with Crippen LogP contribution in [0.4, 0.5) is 0 Å². The number of rotatable bonds is 0. The van der Waals surface area contributed by atoms with Crippen LogP contribution in [-0.2, 0) is 0 Å². The van der Waals surface area contributed by atoms with Crippen LogP contribution >= 0.6 is 37.1 Å². The van der Waals surface area contributed by atoms with Crippen LogP contribution in [0.3, 0.4) is 0 Å². The van der Waals surface area contributed by atoms with Crippen molar-refractivity contribution in [1.82, 2.24) is 14.6 Å². The monoisotopic (exact) mass is 215 g/mol. The second kappa shape index (κ2) is 2.72. The lowest BCUT2D eigenvalue weighted by Crippen LogP contribution is -1.90. The van der Waals surface area contributed by atoms with Crippen LogP contribution in [0.25, 0.3) is 5.65 Å². The Labute approximate surface area is 83.8 Å². The van der Waals surface area contributed by atoms with Crippen LogP contribution in [0.15, 0.2) is 17.2 Å². The van der Waals surface area contributed by atoms with E-state index in [1.807, 2.05) is 0 Å². The summed E-state index contributed by atoms with van der Waals surface area (Å²) in [6.45, 7) is 0. The van der Waals surface area contributed by atoms with E-state index in [-0.39, 0.29) is 0 Å². The van der Waals surface area contributed by atoms with E-state index >= 15 is 0 Å². The molecule has 2 rings (SSSR count). The van der Waals surface area contributed by atoms with Crippen LogP contribution in [0, 0.1) is 9.28 Å². The fourth-order valence-electron chi connectivity index (χ4n) is 0.964. The van der Waals surface area contributed by atoms with Gasteiger partial charge in [0.15, 0.2) is 0 Å². The van der Waals surface area contributed by atoms with Gasteiger partial charge in [0.25, 0.3) is 0 Å². The number of aromatic amines is 2. The molecule has 0 fully saturated rings. The highest BCUT2D eigenvalue weighted by molar-refractivity contribution is 7.81. The van der Waals surface area contributed by atoms with Crippen LogP contribution in [0.2, 0.25) is 0 Å². The third-order valence-corrected chi connectivity index (χ3v) is 2.51. The van der Waals surface area contributed by atoms with Gasteiger partial charge in [-0.15, -0.1) is 12.6 Å². The van der Waals surface area contributed by atoms with E-state index < -0.39 is 0 Å². The highest BCUT2D eigenvalue weighted by Crippen LogP contribution is 2.08. The number of hydrogen-bond donors (Lipinski definition) is 3. The van der Waals surface area contributed by atoms with E-state index in [1.54, 1.807) is 16.8 Å². The quantitative estimate of drug-likeness (QED) is 0.466. The first-order valence-corrected chi connectivity index (χ1v) is 4.47. The van der Waals surface area contributed by atoms with E-state index in [9.17, 15) is 0 Å². The second-order valence-corrected chi connectivity index (χ2v) is 3.67. The minimum absolute atomic E-state index is 0.618. The number of nitrogens with one attached hydrogen (secondary N) is 2. The van der Waals surface area contributed by atoms with Crippen molar-refractivity contribution in [1.29, 1.82) is 0 Å². The Kier molecular flexibility index (Phi) is 1.82. The smallest absolute Gasteiger partial charge is 0.133 e. The number of H-pyrrole nitrogens is 2. The van der Waals surface area contributed by atoms with Crippen molar-refractivity contribution < 1.29 is 0 Å². The van der Waals surface area contributed by atoms with Gasteiger partial charge in [-0.2, -0.15) is 0 Å². The van der Waals surface area contributed by atoms with Gasteiger partial charge in [-0.1, -0.05) is 24.4 Å². The second-order valence-electron chi connectivity index (χ2n) is 2.34. The summed E-state index contributed by atoms with van der Waals surface area (Å²) < 4.78 is 3.03. The number of hydrogen-bond acceptors (Lipinski definition) is 3. The number of thiol groups is 1. The third-order valence-electron chi connectivity index (χ3n) is 1.48. The zero-order valence-corrected chi connectivity index (χ0v) is 8.39. The molecular weight excluding hydrogens is 210 g/mol. The summed E-state index contributed by atoms with van der Waals surface area (Å²) in [6.07, 6.45) is 1.78. The van der Waals surface area contributed by atoms with Gasteiger partial charge in [-0.05, 0) is 0 Å². The Hall–Kier alpha value is -0.590. The topological polar surface area (TPSA) is 36.0 Å². The minimum Gasteiger partial charge on any atom is -0.330 e. The van der Waals surface area contributed by atoms with E-state index in [4.69, 9.17) is 24.4 Å². The molecule has 0 aliphatic carbocycles. The number of nitrogens with zero attached hydrogens (tertiary/aromatic N) is 1. The van der Waals surface area contributed by atoms with Crippen LogP contribution in [-0.4, -0.2) is 14.6 Å². The van der Waals surface area contributed by atoms with Crippen molar-refractivity contribution in [3.8, 4) is 0 Å². The van der Waals surface area contributed by atoms with E-state index in [0.29, 0.717) is 9.28 Å². The Balaban J connectivity index is 3.01. The highest BCUT2D eigenvalue weighted by Gasteiger charge is 1.95. The molecule has 2 heterocycles. The van der Waals surface area contributed by atoms with Gasteiger partial charge in [0, 0.05) is 12.3 Å². The van der Waals surface area contributed by atoms with Crippen LogP contribution in [0.5, 0.6) is 0 Å². The first-order valence-electron chi connectivity index (χ1n) is 3.20. The molecule has 2 aromatic rings. The van der Waals surface area contributed by atoms with Crippen molar-refractivity contribution >= 4 is 42.7 Å². The molecule has 0 bridgehead atoms. The standard InChI is InChI=1S/C6H5N3S3/c10-3-2-9-4(7-6(3)12)1-5(11)8-9/h1-2,10H,(H,7,12)(H,8,11). The molecule has 0 unspecified atom stereocenters. The molecule has 12 heavy (non-hydrogen) atoms. The summed E-state index contributed by atoms with van der Waals surface area (Å²) in [5.41, 5.74) is 0.850. The molecule has 2 N–H and O–H groups in total. The maximum absolute atomic E-state index is 5.00. The summed E-state index contributed by atoms with van der Waals surface area (Å²) in [6, 6.07) is 1.80. The zero-order chi connectivity index (χ0) is 8.72. The van der Waals surface area contributed by atoms with Crippen LogP contribution in [0.1, 0.15) is 0 Å². The van der Waals surface area contributed by atoms with Crippen molar-refractivity contribution in [3.05, 3.63) is 21.5 Å². The lowest BCUT2D eigenvalue weighted by atomic mass is 10.6. The molecule has 0 atom stereocenters. The molecule has 0 aliphatic rings. The molecule has 0 saturated heterocycles. The summed E-state index contributed by atoms with van der Waals surface area (Å²) in [5, 5.41) is 2.93. The maximum atomic E-state index is 5.00. The van der Waals surface area contributed by atoms with Crippen molar-refractivity contribution in [2.45, 2.75) is 4.90 Å². The molecule has 6 heteroatoms. The SMILES string of the molecule is S=c1cc2[nH]c(=S)c(S)cn2[nH]1. The van der Waals surface area contributed by atoms with Crippen molar-refractivity contribution in [3.63, 3.8) is 0 Å². The molecule has 0 saturated carbocycles. The Morgan fingerprint density at radius 1 is 1.42 bits per heavy atom. The summed E-state index contributed by atoms with van der Waals surface area (Å²) in [5.74, 6) is 0. The molecule has 0 aromatic carbocycles. The largest absolute Gasteiger partial charge is 0.330 e. The molecule has 62 valence electrons. The summed E-state index contributed by atoms with van der Waals surface area (Å²) >= 11 is 14.1. The fourth-order valence-corrected chi connectivity index (χ4v) is 1.50. The van der Waals surface area contributed by atoms with Crippen molar-refractivity contribution in [2.75, 3.05) is 0 Å². The molecular formula is C6H5N3S3. The van der Waals surface area contributed by atoms with Gasteiger partial charge in [0.1, 0.15) is 14.9 Å². The average Bonchev–Trinajstić information content (AvgIpc) is 2.30. The Morgan fingerprint density at radius 2 is 2.17 bits per heavy atom. The van der Waals surface area contributed by atoms with Gasteiger partial charge in [-0.25, -0.2) is 4.52 Å². The van der Waals surface area contributed by atoms with Gasteiger partial charge in [-0.3, -0.25) is 5.10 Å². The summed E-state index contributed by atoms with van der Waals surface area (Å²) in [4.78, 5) is 3.70. The zero-order valence-electron chi connectivity index (χ0n) is 5.87. The summed E-state index contributed by atoms with van der Waals surface area (Å²) in [7, 11) is 0. The third kappa shape index (κ3) is 1.21. The van der Waals surface area contributed by atoms with E-state index in [2.05, 4.69) is 22.7 Å². The molecule has 0 amide bonds. The number of aromatic nitrogens is 3. The Morgan fingerprint density at radius 3 is 2.92 bits per heavy atom. The van der Waals surface area contributed by atoms with Gasteiger partial charge in [0.05, 0.1) is 4.90 Å². The predicted octanol–water partition coefficient (Wildman–Crippen LogP) is 2.34. The maximum Gasteiger partial charge on any atom is 0.133 e. The minimum atomic E-state index is 0.618. The van der Waals surface area contributed by atoms with E-state index in [1.165, 1.54) is 0 Å². The molecule has 2 aromatic heterocycles. The van der Waals surface area contributed by atoms with Gasteiger partial charge < -0.3 is 4.98 Å². The lowest BCUT2D eigenvalue weighted by Gasteiger charge is -1.95. The average molecular weight is 215 g/mol. The first-order chi connectivity index (χ1) is 5.66. The predicted molar refractivity (Wildman–Crippen MR) is 55.0 cm³/mol. The normalized spacial score (nSPS) is 10.8. The van der Waals surface area contributed by atoms with Crippen LogP contribution < -0.4 is 0 Å². The molecule has 0 aliphatic heterocycles. The van der Waals surface area contributed by atoms with Gasteiger partial charge >= 0.3 is 0 Å². The Bertz CT molecular complexity index is 533. The number of fused-ring (bicyclic) bond motifs is 1.